The van der Waals surface area contributed by atoms with E-state index >= 15 is 0 Å². The Hall–Kier alpha value is -1.10. The number of hydrogen-bond acceptors (Lipinski definition) is 3. The zero-order chi connectivity index (χ0) is 13.7. The van der Waals surface area contributed by atoms with Gasteiger partial charge in [0.05, 0.1) is 5.02 Å². The largest absolute Gasteiger partial charge is 0.488 e. The molecule has 1 N–H and O–H groups in total. The minimum atomic E-state index is -0.432. The van der Waals surface area contributed by atoms with Crippen molar-refractivity contribution >= 4 is 22.9 Å². The summed E-state index contributed by atoms with van der Waals surface area (Å²) in [5, 5.41) is 3.36. The first kappa shape index (κ1) is 14.3. The van der Waals surface area contributed by atoms with Gasteiger partial charge in [0.15, 0.2) is 0 Å². The standard InChI is InChI=1S/C14H15ClFNOS/c1-2-17-8-11-4-5-12(19-11)9-18-10-3-6-14(16)13(15)7-10/h3-7,17H,2,8-9H2,1H3. The molecule has 1 aromatic carbocycles. The van der Waals surface area contributed by atoms with Crippen molar-refractivity contribution in [2.24, 2.45) is 0 Å². The molecular formula is C14H15ClFNOS. The van der Waals surface area contributed by atoms with Crippen molar-refractivity contribution in [2.45, 2.75) is 20.1 Å². The van der Waals surface area contributed by atoms with Crippen molar-refractivity contribution in [3.05, 3.63) is 50.9 Å². The summed E-state index contributed by atoms with van der Waals surface area (Å²) < 4.78 is 18.6. The first-order chi connectivity index (χ1) is 9.19. The number of hydrogen-bond donors (Lipinski definition) is 1. The van der Waals surface area contributed by atoms with Gasteiger partial charge in [-0.3, -0.25) is 0 Å². The fourth-order valence-corrected chi connectivity index (χ4v) is 2.64. The summed E-state index contributed by atoms with van der Waals surface area (Å²) >= 11 is 7.40. The van der Waals surface area contributed by atoms with Gasteiger partial charge in [-0.25, -0.2) is 4.39 Å². The van der Waals surface area contributed by atoms with Crippen LogP contribution >= 0.6 is 22.9 Å². The molecule has 0 spiro atoms. The lowest BCUT2D eigenvalue weighted by Crippen LogP contribution is -2.10. The molecular weight excluding hydrogens is 285 g/mol. The lowest BCUT2D eigenvalue weighted by atomic mass is 10.3. The highest BCUT2D eigenvalue weighted by Crippen LogP contribution is 2.23. The molecule has 0 fully saturated rings. The van der Waals surface area contributed by atoms with Crippen LogP contribution in [0.1, 0.15) is 16.7 Å². The van der Waals surface area contributed by atoms with E-state index in [-0.39, 0.29) is 5.02 Å². The van der Waals surface area contributed by atoms with Crippen molar-refractivity contribution in [3.8, 4) is 5.75 Å². The minimum Gasteiger partial charge on any atom is -0.488 e. The molecule has 0 aliphatic carbocycles. The Labute approximate surface area is 121 Å². The zero-order valence-electron chi connectivity index (χ0n) is 10.6. The Bertz CT molecular complexity index is 544. The van der Waals surface area contributed by atoms with Crippen molar-refractivity contribution in [2.75, 3.05) is 6.54 Å². The Morgan fingerprint density at radius 2 is 2.05 bits per heavy atom. The number of halogens is 2. The van der Waals surface area contributed by atoms with Crippen molar-refractivity contribution in [1.29, 1.82) is 0 Å². The maximum absolute atomic E-state index is 13.0. The van der Waals surface area contributed by atoms with Gasteiger partial charge in [0.2, 0.25) is 0 Å². The van der Waals surface area contributed by atoms with Crippen molar-refractivity contribution in [1.82, 2.24) is 5.32 Å². The molecule has 1 aromatic heterocycles. The molecule has 1 heterocycles. The summed E-state index contributed by atoms with van der Waals surface area (Å²) in [7, 11) is 0. The molecule has 0 saturated heterocycles. The molecule has 0 bridgehead atoms. The quantitative estimate of drug-likeness (QED) is 0.862. The summed E-state index contributed by atoms with van der Waals surface area (Å²) in [5.74, 6) is 0.145. The number of nitrogens with one attached hydrogen (secondary N) is 1. The predicted octanol–water partition coefficient (Wildman–Crippen LogP) is 4.23. The third-order valence-corrected chi connectivity index (χ3v) is 3.89. The molecule has 0 saturated carbocycles. The number of rotatable bonds is 6. The third-order valence-electron chi connectivity index (χ3n) is 2.54. The number of thiophene rings is 1. The molecule has 0 aliphatic heterocycles. The highest BCUT2D eigenvalue weighted by Gasteiger charge is 2.04. The van der Waals surface area contributed by atoms with Crippen LogP contribution < -0.4 is 10.1 Å². The summed E-state index contributed by atoms with van der Waals surface area (Å²) in [6.07, 6.45) is 0. The first-order valence-electron chi connectivity index (χ1n) is 6.05. The van der Waals surface area contributed by atoms with E-state index in [1.807, 2.05) is 6.07 Å². The van der Waals surface area contributed by atoms with Gasteiger partial charge in [-0.05, 0) is 30.8 Å². The Kier molecular flexibility index (Phi) is 5.19. The van der Waals surface area contributed by atoms with Gasteiger partial charge in [0.1, 0.15) is 18.2 Å². The Balaban J connectivity index is 1.91. The normalized spacial score (nSPS) is 10.7. The average Bonchev–Trinajstić information content (AvgIpc) is 2.86. The molecule has 2 aromatic rings. The van der Waals surface area contributed by atoms with E-state index in [4.69, 9.17) is 16.3 Å². The van der Waals surface area contributed by atoms with Gasteiger partial charge >= 0.3 is 0 Å². The first-order valence-corrected chi connectivity index (χ1v) is 7.24. The molecule has 2 rings (SSSR count). The highest BCUT2D eigenvalue weighted by molar-refractivity contribution is 7.11. The van der Waals surface area contributed by atoms with Gasteiger partial charge in [0, 0.05) is 22.4 Å². The van der Waals surface area contributed by atoms with Crippen LogP contribution in [-0.2, 0) is 13.2 Å². The summed E-state index contributed by atoms with van der Waals surface area (Å²) in [6.45, 7) is 4.38. The van der Waals surface area contributed by atoms with E-state index in [1.54, 1.807) is 17.4 Å². The zero-order valence-corrected chi connectivity index (χ0v) is 12.2. The number of benzene rings is 1. The van der Waals surface area contributed by atoms with Crippen LogP contribution in [0.5, 0.6) is 5.75 Å². The predicted molar refractivity (Wildman–Crippen MR) is 77.4 cm³/mol. The average molecular weight is 300 g/mol. The fraction of sp³-hybridized carbons (Fsp3) is 0.286. The lowest BCUT2D eigenvalue weighted by Gasteiger charge is -2.05. The van der Waals surface area contributed by atoms with Crippen LogP contribution in [0.25, 0.3) is 0 Å². The summed E-state index contributed by atoms with van der Waals surface area (Å²) in [6, 6.07) is 8.51. The minimum absolute atomic E-state index is 0.0801. The Morgan fingerprint density at radius 1 is 1.26 bits per heavy atom. The smallest absolute Gasteiger partial charge is 0.142 e. The van der Waals surface area contributed by atoms with E-state index in [0.717, 1.165) is 18.0 Å². The van der Waals surface area contributed by atoms with E-state index in [0.29, 0.717) is 12.4 Å². The molecule has 2 nitrogen and oxygen atoms in total. The van der Waals surface area contributed by atoms with E-state index < -0.39 is 5.82 Å². The summed E-state index contributed by atoms with van der Waals surface area (Å²) in [4.78, 5) is 2.41. The maximum Gasteiger partial charge on any atom is 0.142 e. The third kappa shape index (κ3) is 4.20. The van der Waals surface area contributed by atoms with Gasteiger partial charge in [-0.15, -0.1) is 11.3 Å². The molecule has 0 amide bonds. The highest BCUT2D eigenvalue weighted by atomic mass is 35.5. The van der Waals surface area contributed by atoms with Crippen molar-refractivity contribution < 1.29 is 9.13 Å². The van der Waals surface area contributed by atoms with Gasteiger partial charge in [0.25, 0.3) is 0 Å². The van der Waals surface area contributed by atoms with E-state index in [2.05, 4.69) is 18.3 Å². The fourth-order valence-electron chi connectivity index (χ4n) is 1.56. The molecule has 0 radical (unpaired) electrons. The van der Waals surface area contributed by atoms with Crippen LogP contribution in [0.2, 0.25) is 5.02 Å². The monoisotopic (exact) mass is 299 g/mol. The molecule has 19 heavy (non-hydrogen) atoms. The van der Waals surface area contributed by atoms with Gasteiger partial charge in [-0.1, -0.05) is 18.5 Å². The van der Waals surface area contributed by atoms with Crippen LogP contribution in [0.3, 0.4) is 0 Å². The molecule has 102 valence electrons. The van der Waals surface area contributed by atoms with Crippen LogP contribution in [0.15, 0.2) is 30.3 Å². The molecule has 0 atom stereocenters. The summed E-state index contributed by atoms with van der Waals surface area (Å²) in [5.41, 5.74) is 0. The van der Waals surface area contributed by atoms with E-state index in [1.165, 1.54) is 17.0 Å². The molecule has 0 unspecified atom stereocenters. The van der Waals surface area contributed by atoms with Crippen LogP contribution in [-0.4, -0.2) is 6.54 Å². The van der Waals surface area contributed by atoms with Crippen LogP contribution in [0, 0.1) is 5.82 Å². The van der Waals surface area contributed by atoms with Crippen molar-refractivity contribution in [3.63, 3.8) is 0 Å². The van der Waals surface area contributed by atoms with Gasteiger partial charge < -0.3 is 10.1 Å². The maximum atomic E-state index is 13.0. The van der Waals surface area contributed by atoms with Gasteiger partial charge in [-0.2, -0.15) is 0 Å². The topological polar surface area (TPSA) is 21.3 Å². The van der Waals surface area contributed by atoms with Crippen LogP contribution in [0.4, 0.5) is 4.39 Å². The molecule has 0 aliphatic rings. The lowest BCUT2D eigenvalue weighted by molar-refractivity contribution is 0.309. The Morgan fingerprint density at radius 3 is 2.79 bits per heavy atom. The second kappa shape index (κ2) is 6.89. The second-order valence-corrected chi connectivity index (χ2v) is 5.67. The second-order valence-electron chi connectivity index (χ2n) is 4.01. The number of ether oxygens (including phenoxy) is 1. The van der Waals surface area contributed by atoms with E-state index in [9.17, 15) is 4.39 Å². The SMILES string of the molecule is CCNCc1ccc(COc2ccc(F)c(Cl)c2)s1. The molecule has 5 heteroatoms.